The van der Waals surface area contributed by atoms with E-state index in [2.05, 4.69) is 22.5 Å². The Kier molecular flexibility index (Phi) is 3.11. The highest BCUT2D eigenvalue weighted by atomic mass is 32.1. The van der Waals surface area contributed by atoms with Gasteiger partial charge in [0.2, 0.25) is 17.7 Å². The Bertz CT molecular complexity index is 638. The van der Waals surface area contributed by atoms with Gasteiger partial charge in [-0.25, -0.2) is 4.98 Å². The van der Waals surface area contributed by atoms with Gasteiger partial charge in [0.1, 0.15) is 6.54 Å². The summed E-state index contributed by atoms with van der Waals surface area (Å²) in [5.41, 5.74) is 0. The molecule has 3 amide bonds. The Morgan fingerprint density at radius 1 is 1.23 bits per heavy atom. The number of allylic oxidation sites excluding steroid dienone is 2. The molecule has 5 rings (SSSR count). The van der Waals surface area contributed by atoms with E-state index in [4.69, 9.17) is 0 Å². The second-order valence-corrected chi connectivity index (χ2v) is 6.88. The number of imide groups is 1. The maximum atomic E-state index is 12.6. The molecule has 4 unspecified atom stereocenters. The average molecular weight is 317 g/mol. The number of carbonyl (C=O) groups is 3. The molecule has 22 heavy (non-hydrogen) atoms. The summed E-state index contributed by atoms with van der Waals surface area (Å²) in [5, 5.41) is 4.84. The van der Waals surface area contributed by atoms with Gasteiger partial charge in [0.25, 0.3) is 0 Å². The van der Waals surface area contributed by atoms with Gasteiger partial charge in [0.05, 0.1) is 11.8 Å². The molecule has 1 aliphatic heterocycles. The van der Waals surface area contributed by atoms with E-state index < -0.39 is 0 Å². The summed E-state index contributed by atoms with van der Waals surface area (Å²) in [5.74, 6) is -0.980. The van der Waals surface area contributed by atoms with Crippen LogP contribution in [-0.2, 0) is 14.4 Å². The monoisotopic (exact) mass is 317 g/mol. The first-order chi connectivity index (χ1) is 10.6. The van der Waals surface area contributed by atoms with Crippen molar-refractivity contribution in [1.82, 2.24) is 9.88 Å². The van der Waals surface area contributed by atoms with Crippen molar-refractivity contribution < 1.29 is 14.4 Å². The van der Waals surface area contributed by atoms with E-state index in [0.717, 1.165) is 17.7 Å². The molecule has 0 radical (unpaired) electrons. The SMILES string of the molecule is O=C(CN1C(=O)C2C3C=CC(CC3)C2C1=O)Nc1nccs1. The van der Waals surface area contributed by atoms with Gasteiger partial charge in [-0.05, 0) is 24.7 Å². The van der Waals surface area contributed by atoms with Crippen molar-refractivity contribution in [3.63, 3.8) is 0 Å². The molecule has 4 aliphatic rings. The molecule has 3 aliphatic carbocycles. The molecule has 1 aromatic heterocycles. The Morgan fingerprint density at radius 2 is 1.86 bits per heavy atom. The third kappa shape index (κ3) is 1.99. The first-order valence-electron chi connectivity index (χ1n) is 7.38. The minimum atomic E-state index is -0.379. The van der Waals surface area contributed by atoms with Crippen LogP contribution >= 0.6 is 11.3 Å². The van der Waals surface area contributed by atoms with Crippen LogP contribution in [0.5, 0.6) is 0 Å². The molecular weight excluding hydrogens is 302 g/mol. The first-order valence-corrected chi connectivity index (χ1v) is 8.26. The number of fused-ring (bicyclic) bond motifs is 1. The zero-order valence-corrected chi connectivity index (χ0v) is 12.6. The topological polar surface area (TPSA) is 79.4 Å². The number of likely N-dealkylation sites (tertiary alicyclic amines) is 1. The zero-order chi connectivity index (χ0) is 15.3. The van der Waals surface area contributed by atoms with Gasteiger partial charge in [0, 0.05) is 11.6 Å². The highest BCUT2D eigenvalue weighted by molar-refractivity contribution is 7.13. The number of nitrogens with zero attached hydrogens (tertiary/aromatic N) is 2. The molecule has 1 N–H and O–H groups in total. The lowest BCUT2D eigenvalue weighted by Gasteiger charge is -2.38. The number of thiazole rings is 1. The van der Waals surface area contributed by atoms with Crippen LogP contribution < -0.4 is 5.32 Å². The van der Waals surface area contributed by atoms with Crippen molar-refractivity contribution in [2.75, 3.05) is 11.9 Å². The summed E-state index contributed by atoms with van der Waals surface area (Å²) in [6.07, 6.45) is 7.64. The van der Waals surface area contributed by atoms with Gasteiger partial charge < -0.3 is 5.32 Å². The molecule has 1 saturated carbocycles. The van der Waals surface area contributed by atoms with Crippen LogP contribution in [0, 0.1) is 23.7 Å². The fraction of sp³-hybridized carbons (Fsp3) is 0.467. The highest BCUT2D eigenvalue weighted by Gasteiger charge is 2.56. The Morgan fingerprint density at radius 3 is 2.36 bits per heavy atom. The van der Waals surface area contributed by atoms with Crippen molar-refractivity contribution in [1.29, 1.82) is 0 Å². The molecule has 2 fully saturated rings. The summed E-state index contributed by atoms with van der Waals surface area (Å²) in [7, 11) is 0. The van der Waals surface area contributed by atoms with Gasteiger partial charge in [-0.1, -0.05) is 12.2 Å². The van der Waals surface area contributed by atoms with Crippen LogP contribution in [0.2, 0.25) is 0 Å². The second-order valence-electron chi connectivity index (χ2n) is 5.99. The lowest BCUT2D eigenvalue weighted by Crippen LogP contribution is -2.38. The van der Waals surface area contributed by atoms with Crippen LogP contribution in [0.1, 0.15) is 12.8 Å². The minimum absolute atomic E-state index is 0.151. The normalized spacial score (nSPS) is 32.5. The molecular formula is C15H15N3O3S. The van der Waals surface area contributed by atoms with Crippen molar-refractivity contribution in [2.24, 2.45) is 23.7 Å². The van der Waals surface area contributed by atoms with Crippen LogP contribution in [0.25, 0.3) is 0 Å². The zero-order valence-electron chi connectivity index (χ0n) is 11.8. The first kappa shape index (κ1) is 13.6. The number of rotatable bonds is 3. The van der Waals surface area contributed by atoms with E-state index in [1.165, 1.54) is 11.3 Å². The van der Waals surface area contributed by atoms with E-state index in [1.54, 1.807) is 11.6 Å². The van der Waals surface area contributed by atoms with E-state index >= 15 is 0 Å². The third-order valence-electron chi connectivity index (χ3n) is 4.83. The van der Waals surface area contributed by atoms with Gasteiger partial charge >= 0.3 is 0 Å². The number of anilines is 1. The van der Waals surface area contributed by atoms with Crippen LogP contribution in [0.4, 0.5) is 5.13 Å². The van der Waals surface area contributed by atoms with Gasteiger partial charge in [-0.3, -0.25) is 19.3 Å². The van der Waals surface area contributed by atoms with Crippen molar-refractivity contribution in [2.45, 2.75) is 12.8 Å². The van der Waals surface area contributed by atoms with Crippen LogP contribution in [0.15, 0.2) is 23.7 Å². The highest BCUT2D eigenvalue weighted by Crippen LogP contribution is 2.49. The summed E-state index contributed by atoms with van der Waals surface area (Å²) in [4.78, 5) is 42.2. The molecule has 114 valence electrons. The molecule has 2 bridgehead atoms. The number of hydrogen-bond acceptors (Lipinski definition) is 5. The molecule has 2 heterocycles. The van der Waals surface area contributed by atoms with Gasteiger partial charge in [0.15, 0.2) is 5.13 Å². The van der Waals surface area contributed by atoms with E-state index in [1.807, 2.05) is 0 Å². The van der Waals surface area contributed by atoms with E-state index in [-0.39, 0.29) is 47.9 Å². The van der Waals surface area contributed by atoms with Gasteiger partial charge in [-0.2, -0.15) is 0 Å². The Hall–Kier alpha value is -2.02. The molecule has 0 spiro atoms. The smallest absolute Gasteiger partial charge is 0.246 e. The predicted molar refractivity (Wildman–Crippen MR) is 79.8 cm³/mol. The predicted octanol–water partition coefficient (Wildman–Crippen LogP) is 1.28. The number of nitrogens with one attached hydrogen (secondary N) is 1. The maximum absolute atomic E-state index is 12.6. The summed E-state index contributed by atoms with van der Waals surface area (Å²) in [6.45, 7) is -0.219. The molecule has 7 heteroatoms. The lowest BCUT2D eigenvalue weighted by molar-refractivity contribution is -0.142. The molecule has 4 atom stereocenters. The fourth-order valence-electron chi connectivity index (χ4n) is 3.88. The van der Waals surface area contributed by atoms with E-state index in [0.29, 0.717) is 5.13 Å². The van der Waals surface area contributed by atoms with Gasteiger partial charge in [-0.15, -0.1) is 11.3 Å². The molecule has 1 aromatic rings. The minimum Gasteiger partial charge on any atom is -0.300 e. The Balaban J connectivity index is 1.50. The van der Waals surface area contributed by atoms with Crippen molar-refractivity contribution in [3.05, 3.63) is 23.7 Å². The molecule has 6 nitrogen and oxygen atoms in total. The summed E-state index contributed by atoms with van der Waals surface area (Å²) >= 11 is 1.30. The molecule has 0 aromatic carbocycles. The van der Waals surface area contributed by atoms with Crippen molar-refractivity contribution in [3.8, 4) is 0 Å². The summed E-state index contributed by atoms with van der Waals surface area (Å²) < 4.78 is 0. The third-order valence-corrected chi connectivity index (χ3v) is 5.52. The van der Waals surface area contributed by atoms with Crippen LogP contribution in [-0.4, -0.2) is 34.2 Å². The fourth-order valence-corrected chi connectivity index (χ4v) is 4.42. The molecule has 1 saturated heterocycles. The maximum Gasteiger partial charge on any atom is 0.246 e. The number of aromatic nitrogens is 1. The average Bonchev–Trinajstić information content (AvgIpc) is 3.12. The summed E-state index contributed by atoms with van der Waals surface area (Å²) in [6, 6.07) is 0. The van der Waals surface area contributed by atoms with Crippen molar-refractivity contribution >= 4 is 34.2 Å². The lowest BCUT2D eigenvalue weighted by atomic mass is 9.63. The number of hydrogen-bond donors (Lipinski definition) is 1. The Labute approximate surface area is 131 Å². The second kappa shape index (κ2) is 5.01. The van der Waals surface area contributed by atoms with E-state index in [9.17, 15) is 14.4 Å². The number of carbonyl (C=O) groups excluding carboxylic acids is 3. The number of amides is 3. The largest absolute Gasteiger partial charge is 0.300 e. The standard InChI is InChI=1S/C15H15N3O3S/c19-10(17-15-16-5-6-22-15)7-18-13(20)11-8-1-2-9(4-3-8)12(11)14(18)21/h1-2,5-6,8-9,11-12H,3-4,7H2,(H,16,17,19). The quantitative estimate of drug-likeness (QED) is 0.673. The van der Waals surface area contributed by atoms with Crippen LogP contribution in [0.3, 0.4) is 0 Å².